The van der Waals surface area contributed by atoms with Crippen LogP contribution < -0.4 is 4.90 Å². The third-order valence-corrected chi connectivity index (χ3v) is 4.06. The first-order valence-electron chi connectivity index (χ1n) is 6.34. The van der Waals surface area contributed by atoms with Crippen LogP contribution in [0.2, 0.25) is 0 Å². The molecular formula is C15H15NO4S. The zero-order valence-corrected chi connectivity index (χ0v) is 12.3. The molecule has 2 rings (SSSR count). The second kappa shape index (κ2) is 6.51. The van der Waals surface area contributed by atoms with E-state index in [0.717, 1.165) is 5.56 Å². The van der Waals surface area contributed by atoms with Gasteiger partial charge >= 0.3 is 5.97 Å². The van der Waals surface area contributed by atoms with Crippen molar-refractivity contribution in [3.8, 4) is 0 Å². The van der Waals surface area contributed by atoms with Crippen molar-refractivity contribution in [1.29, 1.82) is 0 Å². The molecule has 0 fully saturated rings. The Hall–Kier alpha value is -2.18. The van der Waals surface area contributed by atoms with E-state index < -0.39 is 5.97 Å². The molecule has 110 valence electrons. The Kier molecular flexibility index (Phi) is 4.72. The van der Waals surface area contributed by atoms with Crippen molar-refractivity contribution in [2.75, 3.05) is 18.1 Å². The lowest BCUT2D eigenvalue weighted by atomic mass is 10.2. The Labute approximate surface area is 126 Å². The number of hydrogen-bond acceptors (Lipinski definition) is 4. The fourth-order valence-electron chi connectivity index (χ4n) is 1.95. The summed E-state index contributed by atoms with van der Waals surface area (Å²) in [6.07, 6.45) is 0. The zero-order chi connectivity index (χ0) is 15.4. The number of carboxylic acid groups (broad SMARTS) is 1. The van der Waals surface area contributed by atoms with Crippen molar-refractivity contribution >= 4 is 28.9 Å². The fraction of sp³-hybridized carbons (Fsp3) is 0.200. The number of carbonyl (C=O) groups excluding carboxylic acids is 1. The molecule has 0 aliphatic rings. The monoisotopic (exact) mass is 305 g/mol. The zero-order valence-electron chi connectivity index (χ0n) is 11.4. The van der Waals surface area contributed by atoms with Gasteiger partial charge in [0.25, 0.3) is 5.91 Å². The highest BCUT2D eigenvalue weighted by Gasteiger charge is 2.20. The number of anilines is 1. The molecule has 0 spiro atoms. The van der Waals surface area contributed by atoms with Crippen molar-refractivity contribution in [3.63, 3.8) is 0 Å². The van der Waals surface area contributed by atoms with Crippen molar-refractivity contribution in [3.05, 3.63) is 51.7 Å². The maximum Gasteiger partial charge on any atom is 0.335 e. The molecule has 1 amide bonds. The van der Waals surface area contributed by atoms with E-state index in [-0.39, 0.29) is 24.6 Å². The van der Waals surface area contributed by atoms with Crippen LogP contribution in [0.25, 0.3) is 0 Å². The van der Waals surface area contributed by atoms with Crippen LogP contribution in [-0.4, -0.2) is 35.2 Å². The van der Waals surface area contributed by atoms with Gasteiger partial charge in [0.2, 0.25) is 0 Å². The second-order valence-corrected chi connectivity index (χ2v) is 5.38. The van der Waals surface area contributed by atoms with Gasteiger partial charge in [-0.25, -0.2) is 4.79 Å². The summed E-state index contributed by atoms with van der Waals surface area (Å²) in [6.45, 7) is 1.84. The maximum atomic E-state index is 12.5. The third kappa shape index (κ3) is 3.29. The number of amides is 1. The summed E-state index contributed by atoms with van der Waals surface area (Å²) in [5.74, 6) is -1.21. The van der Waals surface area contributed by atoms with Crippen LogP contribution in [0.15, 0.2) is 35.7 Å². The standard InChI is InChI=1S/C15H15NO4S/c1-10-6-9-21-13(10)14(18)16(7-8-17)12-4-2-11(3-5-12)15(19)20/h2-6,9,17H,7-8H2,1H3,(H,19,20). The lowest BCUT2D eigenvalue weighted by Crippen LogP contribution is -2.33. The number of aliphatic hydroxyl groups excluding tert-OH is 1. The minimum absolute atomic E-state index is 0.155. The summed E-state index contributed by atoms with van der Waals surface area (Å²) in [7, 11) is 0. The van der Waals surface area contributed by atoms with E-state index in [2.05, 4.69) is 0 Å². The Morgan fingerprint density at radius 3 is 2.33 bits per heavy atom. The second-order valence-electron chi connectivity index (χ2n) is 4.47. The molecule has 0 saturated heterocycles. The van der Waals surface area contributed by atoms with E-state index >= 15 is 0 Å². The molecule has 0 unspecified atom stereocenters. The van der Waals surface area contributed by atoms with Crippen molar-refractivity contribution in [1.82, 2.24) is 0 Å². The SMILES string of the molecule is Cc1ccsc1C(=O)N(CCO)c1ccc(C(=O)O)cc1. The van der Waals surface area contributed by atoms with Gasteiger partial charge in [0.05, 0.1) is 17.0 Å². The number of carbonyl (C=O) groups is 2. The topological polar surface area (TPSA) is 77.8 Å². The van der Waals surface area contributed by atoms with Gasteiger partial charge in [-0.15, -0.1) is 11.3 Å². The summed E-state index contributed by atoms with van der Waals surface area (Å²) < 4.78 is 0. The van der Waals surface area contributed by atoms with Crippen LogP contribution in [0.4, 0.5) is 5.69 Å². The molecule has 2 aromatic rings. The highest BCUT2D eigenvalue weighted by molar-refractivity contribution is 7.12. The van der Waals surface area contributed by atoms with Gasteiger partial charge in [-0.05, 0) is 48.2 Å². The molecule has 2 N–H and O–H groups in total. The van der Waals surface area contributed by atoms with Crippen LogP contribution >= 0.6 is 11.3 Å². The molecule has 0 bridgehead atoms. The van der Waals surface area contributed by atoms with Gasteiger partial charge in [0.1, 0.15) is 0 Å². The molecule has 0 atom stereocenters. The average molecular weight is 305 g/mol. The number of rotatable bonds is 5. The number of thiophene rings is 1. The summed E-state index contributed by atoms with van der Waals surface area (Å²) in [4.78, 5) is 25.5. The Bertz CT molecular complexity index is 648. The van der Waals surface area contributed by atoms with Gasteiger partial charge in [-0.1, -0.05) is 0 Å². The number of aliphatic hydroxyl groups is 1. The molecule has 0 radical (unpaired) electrons. The molecule has 1 aromatic carbocycles. The molecule has 0 aliphatic carbocycles. The first-order valence-corrected chi connectivity index (χ1v) is 7.22. The van der Waals surface area contributed by atoms with E-state index in [9.17, 15) is 14.7 Å². The van der Waals surface area contributed by atoms with Gasteiger partial charge in [0.15, 0.2) is 0 Å². The first kappa shape index (κ1) is 15.2. The van der Waals surface area contributed by atoms with E-state index in [4.69, 9.17) is 5.11 Å². The summed E-state index contributed by atoms with van der Waals surface area (Å²) in [6, 6.07) is 7.88. The van der Waals surface area contributed by atoms with Gasteiger partial charge in [-0.3, -0.25) is 4.79 Å². The van der Waals surface area contributed by atoms with Gasteiger partial charge < -0.3 is 15.1 Å². The number of aromatic carboxylic acids is 1. The van der Waals surface area contributed by atoms with E-state index in [1.807, 2.05) is 18.4 Å². The molecule has 6 heteroatoms. The molecule has 0 aliphatic heterocycles. The van der Waals surface area contributed by atoms with Gasteiger partial charge in [0, 0.05) is 12.2 Å². The van der Waals surface area contributed by atoms with Gasteiger partial charge in [-0.2, -0.15) is 0 Å². The highest BCUT2D eigenvalue weighted by Crippen LogP contribution is 2.22. The average Bonchev–Trinajstić information content (AvgIpc) is 2.90. The molecule has 1 aromatic heterocycles. The number of aryl methyl sites for hydroxylation is 1. The number of benzene rings is 1. The number of nitrogens with zero attached hydrogens (tertiary/aromatic N) is 1. The first-order chi connectivity index (χ1) is 10.0. The largest absolute Gasteiger partial charge is 0.478 e. The van der Waals surface area contributed by atoms with E-state index in [1.54, 1.807) is 12.1 Å². The van der Waals surface area contributed by atoms with Crippen LogP contribution in [-0.2, 0) is 0 Å². The summed E-state index contributed by atoms with van der Waals surface area (Å²) >= 11 is 1.35. The van der Waals surface area contributed by atoms with E-state index in [1.165, 1.54) is 28.4 Å². The van der Waals surface area contributed by atoms with Crippen molar-refractivity contribution in [2.45, 2.75) is 6.92 Å². The highest BCUT2D eigenvalue weighted by atomic mass is 32.1. The minimum Gasteiger partial charge on any atom is -0.478 e. The predicted molar refractivity (Wildman–Crippen MR) is 81.2 cm³/mol. The van der Waals surface area contributed by atoms with Crippen LogP contribution in [0.5, 0.6) is 0 Å². The van der Waals surface area contributed by atoms with E-state index in [0.29, 0.717) is 10.6 Å². The smallest absolute Gasteiger partial charge is 0.335 e. The summed E-state index contributed by atoms with van der Waals surface area (Å²) in [5, 5.41) is 19.9. The Balaban J connectivity index is 2.32. The van der Waals surface area contributed by atoms with Crippen LogP contribution in [0.3, 0.4) is 0 Å². The molecule has 21 heavy (non-hydrogen) atoms. The van der Waals surface area contributed by atoms with Crippen molar-refractivity contribution < 1.29 is 19.8 Å². The third-order valence-electron chi connectivity index (χ3n) is 3.05. The molecule has 0 saturated carbocycles. The quantitative estimate of drug-likeness (QED) is 0.889. The maximum absolute atomic E-state index is 12.5. The minimum atomic E-state index is -1.02. The fourth-order valence-corrected chi connectivity index (χ4v) is 2.82. The normalized spacial score (nSPS) is 10.4. The number of hydrogen-bond donors (Lipinski definition) is 2. The lowest BCUT2D eigenvalue weighted by Gasteiger charge is -2.21. The molecule has 1 heterocycles. The predicted octanol–water partition coefficient (Wildman–Crippen LogP) is 2.39. The Morgan fingerprint density at radius 2 is 1.86 bits per heavy atom. The lowest BCUT2D eigenvalue weighted by molar-refractivity contribution is 0.0696. The Morgan fingerprint density at radius 1 is 1.19 bits per heavy atom. The summed E-state index contributed by atoms with van der Waals surface area (Å²) in [5.41, 5.74) is 1.60. The number of carboxylic acids is 1. The van der Waals surface area contributed by atoms with Crippen LogP contribution in [0, 0.1) is 6.92 Å². The van der Waals surface area contributed by atoms with Crippen molar-refractivity contribution in [2.24, 2.45) is 0 Å². The molecular weight excluding hydrogens is 290 g/mol. The van der Waals surface area contributed by atoms with Crippen LogP contribution in [0.1, 0.15) is 25.6 Å². The molecule has 5 nitrogen and oxygen atoms in total.